The van der Waals surface area contributed by atoms with Gasteiger partial charge in [-0.05, 0) is 18.6 Å². The number of hydrogen-bond donors (Lipinski definition) is 1. The highest BCUT2D eigenvalue weighted by atomic mass is 16.5. The van der Waals surface area contributed by atoms with Crippen molar-refractivity contribution < 1.29 is 14.2 Å². The van der Waals surface area contributed by atoms with Crippen LogP contribution in [0, 0.1) is 0 Å². The monoisotopic (exact) mass is 239 g/mol. The average Bonchev–Trinajstić information content (AvgIpc) is 2.37. The number of para-hydroxylation sites is 2. The van der Waals surface area contributed by atoms with Crippen LogP contribution in [-0.4, -0.2) is 33.0 Å². The van der Waals surface area contributed by atoms with Crippen LogP contribution in [0.25, 0.3) is 0 Å². The lowest BCUT2D eigenvalue weighted by molar-refractivity contribution is 0.0833. The lowest BCUT2D eigenvalue weighted by atomic mass is 10.3. The van der Waals surface area contributed by atoms with Crippen molar-refractivity contribution in [1.29, 1.82) is 0 Å². The Bertz CT molecular complexity index is 317. The van der Waals surface area contributed by atoms with Crippen molar-refractivity contribution in [1.82, 2.24) is 0 Å². The van der Waals surface area contributed by atoms with Crippen LogP contribution in [0.2, 0.25) is 0 Å². The molecule has 0 saturated heterocycles. The van der Waals surface area contributed by atoms with Crippen molar-refractivity contribution in [3.63, 3.8) is 0 Å². The summed E-state index contributed by atoms with van der Waals surface area (Å²) in [6.07, 6.45) is 0.818. The van der Waals surface area contributed by atoms with Gasteiger partial charge >= 0.3 is 0 Å². The summed E-state index contributed by atoms with van der Waals surface area (Å²) in [5, 5.41) is 0. The lowest BCUT2D eigenvalue weighted by Crippen LogP contribution is -2.31. The van der Waals surface area contributed by atoms with Crippen molar-refractivity contribution >= 4 is 0 Å². The van der Waals surface area contributed by atoms with E-state index in [9.17, 15) is 0 Å². The second kappa shape index (κ2) is 7.92. The summed E-state index contributed by atoms with van der Waals surface area (Å²) in [5.74, 6) is 1.47. The summed E-state index contributed by atoms with van der Waals surface area (Å²) in [6.45, 7) is 3.63. The zero-order valence-corrected chi connectivity index (χ0v) is 10.5. The topological polar surface area (TPSA) is 53.7 Å². The predicted octanol–water partition coefficient (Wildman–Crippen LogP) is 1.83. The molecule has 0 aliphatic heterocycles. The summed E-state index contributed by atoms with van der Waals surface area (Å²) in [6, 6.07) is 7.61. The minimum Gasteiger partial charge on any atom is -0.490 e. The first kappa shape index (κ1) is 13.8. The molecule has 0 spiro atoms. The van der Waals surface area contributed by atoms with Crippen LogP contribution in [0.3, 0.4) is 0 Å². The molecular formula is C13H21NO3. The van der Waals surface area contributed by atoms with E-state index in [2.05, 4.69) is 6.92 Å². The fourth-order valence-electron chi connectivity index (χ4n) is 1.39. The lowest BCUT2D eigenvalue weighted by Gasteiger charge is -2.18. The fraction of sp³-hybridized carbons (Fsp3) is 0.538. The van der Waals surface area contributed by atoms with Crippen LogP contribution in [0.5, 0.6) is 11.5 Å². The van der Waals surface area contributed by atoms with Gasteiger partial charge in [-0.1, -0.05) is 19.1 Å². The van der Waals surface area contributed by atoms with Gasteiger partial charge in [0.25, 0.3) is 0 Å². The molecule has 1 unspecified atom stereocenters. The Morgan fingerprint density at radius 2 is 1.94 bits per heavy atom. The Labute approximate surface area is 103 Å². The van der Waals surface area contributed by atoms with Gasteiger partial charge in [0.1, 0.15) is 6.10 Å². The number of methoxy groups -OCH3 is 1. The normalized spacial score (nSPS) is 12.2. The van der Waals surface area contributed by atoms with E-state index < -0.39 is 0 Å². The van der Waals surface area contributed by atoms with Gasteiger partial charge in [0.15, 0.2) is 11.5 Å². The number of benzene rings is 1. The summed E-state index contributed by atoms with van der Waals surface area (Å²) < 4.78 is 16.4. The molecule has 0 saturated carbocycles. The second-order valence-electron chi connectivity index (χ2n) is 3.73. The highest BCUT2D eigenvalue weighted by Crippen LogP contribution is 2.27. The number of hydrogen-bond acceptors (Lipinski definition) is 4. The van der Waals surface area contributed by atoms with E-state index in [1.165, 1.54) is 0 Å². The Hall–Kier alpha value is -1.26. The Kier molecular flexibility index (Phi) is 6.43. The van der Waals surface area contributed by atoms with Crippen LogP contribution in [0.4, 0.5) is 0 Å². The standard InChI is InChI=1S/C13H21NO3/c1-3-8-16-12-6-4-5-7-13(12)17-11(9-14)10-15-2/h4-7,11H,3,8-10,14H2,1-2H3. The quantitative estimate of drug-likeness (QED) is 0.752. The first-order chi connectivity index (χ1) is 8.31. The highest BCUT2D eigenvalue weighted by molar-refractivity contribution is 5.39. The fourth-order valence-corrected chi connectivity index (χ4v) is 1.39. The van der Waals surface area contributed by atoms with Gasteiger partial charge in [-0.3, -0.25) is 0 Å². The number of rotatable bonds is 8. The highest BCUT2D eigenvalue weighted by Gasteiger charge is 2.11. The van der Waals surface area contributed by atoms with E-state index in [1.54, 1.807) is 7.11 Å². The summed E-state index contributed by atoms with van der Waals surface area (Å²) in [5.41, 5.74) is 5.61. The van der Waals surface area contributed by atoms with E-state index in [1.807, 2.05) is 24.3 Å². The molecule has 0 fully saturated rings. The smallest absolute Gasteiger partial charge is 0.161 e. The molecule has 0 radical (unpaired) electrons. The summed E-state index contributed by atoms with van der Waals surface area (Å²) in [4.78, 5) is 0. The zero-order chi connectivity index (χ0) is 12.5. The summed E-state index contributed by atoms with van der Waals surface area (Å²) >= 11 is 0. The third-order valence-corrected chi connectivity index (χ3v) is 2.22. The molecule has 1 atom stereocenters. The van der Waals surface area contributed by atoms with Gasteiger partial charge in [0.2, 0.25) is 0 Å². The average molecular weight is 239 g/mol. The van der Waals surface area contributed by atoms with Crippen LogP contribution in [-0.2, 0) is 4.74 Å². The molecular weight excluding hydrogens is 218 g/mol. The van der Waals surface area contributed by atoms with Crippen LogP contribution in [0.1, 0.15) is 13.3 Å². The maximum Gasteiger partial charge on any atom is 0.161 e. The Morgan fingerprint density at radius 3 is 2.53 bits per heavy atom. The molecule has 4 heteroatoms. The number of ether oxygens (including phenoxy) is 3. The molecule has 0 aromatic heterocycles. The molecule has 0 aliphatic rings. The van der Waals surface area contributed by atoms with Gasteiger partial charge in [-0.25, -0.2) is 0 Å². The van der Waals surface area contributed by atoms with Crippen molar-refractivity contribution in [2.24, 2.45) is 5.73 Å². The molecule has 0 amide bonds. The maximum atomic E-state index is 5.76. The van der Waals surface area contributed by atoms with E-state index in [4.69, 9.17) is 19.9 Å². The van der Waals surface area contributed by atoms with E-state index in [0.29, 0.717) is 25.5 Å². The van der Waals surface area contributed by atoms with Gasteiger partial charge in [-0.2, -0.15) is 0 Å². The molecule has 17 heavy (non-hydrogen) atoms. The van der Waals surface area contributed by atoms with Crippen molar-refractivity contribution in [3.05, 3.63) is 24.3 Å². The van der Waals surface area contributed by atoms with Gasteiger partial charge < -0.3 is 19.9 Å². The van der Waals surface area contributed by atoms with Gasteiger partial charge in [0, 0.05) is 13.7 Å². The van der Waals surface area contributed by atoms with Crippen molar-refractivity contribution in [2.45, 2.75) is 19.4 Å². The minimum atomic E-state index is -0.147. The third kappa shape index (κ3) is 4.63. The van der Waals surface area contributed by atoms with Crippen LogP contribution < -0.4 is 15.2 Å². The Morgan fingerprint density at radius 1 is 1.24 bits per heavy atom. The van der Waals surface area contributed by atoms with Crippen molar-refractivity contribution in [3.8, 4) is 11.5 Å². The molecule has 1 rings (SSSR count). The van der Waals surface area contributed by atoms with Gasteiger partial charge in [-0.15, -0.1) is 0 Å². The van der Waals surface area contributed by atoms with Crippen LogP contribution in [0.15, 0.2) is 24.3 Å². The molecule has 2 N–H and O–H groups in total. The third-order valence-electron chi connectivity index (χ3n) is 2.22. The zero-order valence-electron chi connectivity index (χ0n) is 10.5. The Balaban J connectivity index is 2.67. The molecule has 4 nitrogen and oxygen atoms in total. The van der Waals surface area contributed by atoms with Crippen LogP contribution >= 0.6 is 0 Å². The van der Waals surface area contributed by atoms with Gasteiger partial charge in [0.05, 0.1) is 13.2 Å². The minimum absolute atomic E-state index is 0.147. The molecule has 0 aliphatic carbocycles. The first-order valence-electron chi connectivity index (χ1n) is 5.89. The molecule has 0 heterocycles. The molecule has 0 bridgehead atoms. The second-order valence-corrected chi connectivity index (χ2v) is 3.73. The maximum absolute atomic E-state index is 5.76. The van der Waals surface area contributed by atoms with E-state index in [-0.39, 0.29) is 6.10 Å². The summed E-state index contributed by atoms with van der Waals surface area (Å²) in [7, 11) is 1.63. The van der Waals surface area contributed by atoms with E-state index in [0.717, 1.165) is 12.2 Å². The predicted molar refractivity (Wildman–Crippen MR) is 67.6 cm³/mol. The molecule has 1 aromatic rings. The largest absolute Gasteiger partial charge is 0.490 e. The molecule has 96 valence electrons. The van der Waals surface area contributed by atoms with Crippen molar-refractivity contribution in [2.75, 3.05) is 26.9 Å². The SMILES string of the molecule is CCCOc1ccccc1OC(CN)COC. The first-order valence-corrected chi connectivity index (χ1v) is 5.89. The molecule has 1 aromatic carbocycles. The number of nitrogens with two attached hydrogens (primary N) is 1. The van der Waals surface area contributed by atoms with E-state index >= 15 is 0 Å².